The summed E-state index contributed by atoms with van der Waals surface area (Å²) in [7, 11) is 4.17. The number of hydrogen-bond donors (Lipinski definition) is 2. The first-order valence-corrected chi connectivity index (χ1v) is 8.73. The lowest BCUT2D eigenvalue weighted by Gasteiger charge is -2.19. The summed E-state index contributed by atoms with van der Waals surface area (Å²) in [6.07, 6.45) is 2.84. The number of nitrogens with zero attached hydrogens (tertiary/aromatic N) is 3. The zero-order chi connectivity index (χ0) is 16.9. The van der Waals surface area contributed by atoms with Crippen molar-refractivity contribution in [1.29, 1.82) is 0 Å². The number of para-hydroxylation sites is 2. The van der Waals surface area contributed by atoms with E-state index in [4.69, 9.17) is 0 Å². The number of aromatic amines is 1. The van der Waals surface area contributed by atoms with Gasteiger partial charge in [0.1, 0.15) is 5.82 Å². The van der Waals surface area contributed by atoms with Crippen LogP contribution in [0.4, 0.5) is 4.79 Å². The summed E-state index contributed by atoms with van der Waals surface area (Å²) in [5, 5.41) is 3.03. The maximum Gasteiger partial charge on any atom is 0.317 e. The molecule has 1 saturated heterocycles. The second-order valence-corrected chi connectivity index (χ2v) is 6.90. The highest BCUT2D eigenvalue weighted by Crippen LogP contribution is 2.16. The number of nitrogens with one attached hydrogen (secondary N) is 2. The fraction of sp³-hybridized carbons (Fsp3) is 0.556. The van der Waals surface area contributed by atoms with E-state index in [1.165, 1.54) is 0 Å². The van der Waals surface area contributed by atoms with Crippen LogP contribution in [-0.2, 0) is 6.42 Å². The highest BCUT2D eigenvalue weighted by atomic mass is 16.2. The van der Waals surface area contributed by atoms with Crippen molar-refractivity contribution in [2.75, 3.05) is 40.3 Å². The van der Waals surface area contributed by atoms with E-state index in [9.17, 15) is 4.79 Å². The number of fused-ring (bicyclic) bond motifs is 1. The molecule has 0 unspecified atom stereocenters. The van der Waals surface area contributed by atoms with Crippen LogP contribution in [-0.4, -0.2) is 66.1 Å². The van der Waals surface area contributed by atoms with E-state index in [-0.39, 0.29) is 6.03 Å². The summed E-state index contributed by atoms with van der Waals surface area (Å²) in [5.74, 6) is 1.58. The summed E-state index contributed by atoms with van der Waals surface area (Å²) >= 11 is 0. The quantitative estimate of drug-likeness (QED) is 0.798. The summed E-state index contributed by atoms with van der Waals surface area (Å²) in [6.45, 7) is 3.47. The molecule has 1 aliphatic rings. The third-order valence-corrected chi connectivity index (χ3v) is 4.50. The van der Waals surface area contributed by atoms with Crippen LogP contribution in [0.5, 0.6) is 0 Å². The minimum absolute atomic E-state index is 0.0702. The Labute approximate surface area is 143 Å². The number of carbonyl (C=O) groups is 1. The van der Waals surface area contributed by atoms with Gasteiger partial charge in [-0.1, -0.05) is 12.1 Å². The number of hydrogen-bond acceptors (Lipinski definition) is 3. The predicted octanol–water partition coefficient (Wildman–Crippen LogP) is 2.09. The SMILES string of the molecule is CN(C)C[C@@H]1CCN(C(=O)NCCCc2nc3ccccc3[nH]2)C1. The Balaban J connectivity index is 1.38. The molecule has 0 saturated carbocycles. The number of urea groups is 1. The molecular weight excluding hydrogens is 302 g/mol. The summed E-state index contributed by atoms with van der Waals surface area (Å²) in [4.78, 5) is 24.2. The summed E-state index contributed by atoms with van der Waals surface area (Å²) in [6, 6.07) is 8.11. The van der Waals surface area contributed by atoms with Gasteiger partial charge in [0.25, 0.3) is 0 Å². The number of H-pyrrole nitrogens is 1. The van der Waals surface area contributed by atoms with Crippen molar-refractivity contribution in [3.63, 3.8) is 0 Å². The number of aryl methyl sites for hydroxylation is 1. The Morgan fingerprint density at radius 3 is 3.04 bits per heavy atom. The largest absolute Gasteiger partial charge is 0.342 e. The van der Waals surface area contributed by atoms with Gasteiger partial charge < -0.3 is 20.1 Å². The monoisotopic (exact) mass is 329 g/mol. The molecule has 1 aromatic heterocycles. The summed E-state index contributed by atoms with van der Waals surface area (Å²) in [5.41, 5.74) is 2.07. The average Bonchev–Trinajstić information content (AvgIpc) is 3.17. The second-order valence-electron chi connectivity index (χ2n) is 6.90. The fourth-order valence-electron chi connectivity index (χ4n) is 3.37. The van der Waals surface area contributed by atoms with Crippen LogP contribution in [0.1, 0.15) is 18.7 Å². The highest BCUT2D eigenvalue weighted by Gasteiger charge is 2.26. The summed E-state index contributed by atoms with van der Waals surface area (Å²) < 4.78 is 0. The molecule has 6 nitrogen and oxygen atoms in total. The second kappa shape index (κ2) is 7.66. The number of imidazole rings is 1. The van der Waals surface area contributed by atoms with Gasteiger partial charge >= 0.3 is 6.03 Å². The lowest BCUT2D eigenvalue weighted by Crippen LogP contribution is -2.39. The highest BCUT2D eigenvalue weighted by molar-refractivity contribution is 5.75. The van der Waals surface area contributed by atoms with Crippen LogP contribution in [0.15, 0.2) is 24.3 Å². The van der Waals surface area contributed by atoms with E-state index in [0.29, 0.717) is 12.5 Å². The Morgan fingerprint density at radius 2 is 2.25 bits per heavy atom. The normalized spacial score (nSPS) is 17.8. The Morgan fingerprint density at radius 1 is 1.42 bits per heavy atom. The van der Waals surface area contributed by atoms with E-state index < -0.39 is 0 Å². The van der Waals surface area contributed by atoms with E-state index in [2.05, 4.69) is 34.3 Å². The van der Waals surface area contributed by atoms with Crippen molar-refractivity contribution in [2.24, 2.45) is 5.92 Å². The van der Waals surface area contributed by atoms with Gasteiger partial charge in [0, 0.05) is 32.6 Å². The number of likely N-dealkylation sites (tertiary alicyclic amines) is 1. The van der Waals surface area contributed by atoms with Crippen LogP contribution in [0.3, 0.4) is 0 Å². The molecule has 3 rings (SSSR count). The van der Waals surface area contributed by atoms with Crippen molar-refractivity contribution in [2.45, 2.75) is 19.3 Å². The van der Waals surface area contributed by atoms with Crippen molar-refractivity contribution in [1.82, 2.24) is 25.1 Å². The van der Waals surface area contributed by atoms with E-state index in [0.717, 1.165) is 55.8 Å². The molecule has 0 spiro atoms. The van der Waals surface area contributed by atoms with Gasteiger partial charge in [-0.25, -0.2) is 9.78 Å². The number of rotatable bonds is 6. The first-order chi connectivity index (χ1) is 11.6. The lowest BCUT2D eigenvalue weighted by molar-refractivity contribution is 0.205. The zero-order valence-corrected chi connectivity index (χ0v) is 14.6. The average molecular weight is 329 g/mol. The molecular formula is C18H27N5O. The van der Waals surface area contributed by atoms with Gasteiger partial charge in [0.2, 0.25) is 0 Å². The lowest BCUT2D eigenvalue weighted by atomic mass is 10.1. The van der Waals surface area contributed by atoms with Gasteiger partial charge in [-0.05, 0) is 45.0 Å². The van der Waals surface area contributed by atoms with Gasteiger partial charge in [-0.15, -0.1) is 0 Å². The number of benzene rings is 1. The van der Waals surface area contributed by atoms with Gasteiger partial charge in [0.05, 0.1) is 11.0 Å². The minimum Gasteiger partial charge on any atom is -0.342 e. The Hall–Kier alpha value is -2.08. The molecule has 6 heteroatoms. The Bertz CT molecular complexity index is 648. The van der Waals surface area contributed by atoms with Crippen molar-refractivity contribution in [3.05, 3.63) is 30.1 Å². The van der Waals surface area contributed by atoms with Crippen LogP contribution in [0, 0.1) is 5.92 Å². The van der Waals surface area contributed by atoms with Crippen LogP contribution >= 0.6 is 0 Å². The molecule has 2 N–H and O–H groups in total. The minimum atomic E-state index is 0.0702. The third kappa shape index (κ3) is 4.26. The molecule has 2 amide bonds. The van der Waals surface area contributed by atoms with Gasteiger partial charge in [-0.3, -0.25) is 0 Å². The van der Waals surface area contributed by atoms with Crippen molar-refractivity contribution < 1.29 is 4.79 Å². The molecule has 1 aromatic carbocycles. The molecule has 1 atom stereocenters. The Kier molecular flexibility index (Phi) is 5.35. The third-order valence-electron chi connectivity index (χ3n) is 4.50. The maximum absolute atomic E-state index is 12.2. The molecule has 0 radical (unpaired) electrons. The molecule has 2 aromatic rings. The first kappa shape index (κ1) is 16.8. The van der Waals surface area contributed by atoms with Crippen molar-refractivity contribution in [3.8, 4) is 0 Å². The number of amides is 2. The van der Waals surface area contributed by atoms with Gasteiger partial charge in [0.15, 0.2) is 0 Å². The maximum atomic E-state index is 12.2. The van der Waals surface area contributed by atoms with Crippen LogP contribution in [0.2, 0.25) is 0 Å². The molecule has 1 aliphatic heterocycles. The van der Waals surface area contributed by atoms with Crippen LogP contribution in [0.25, 0.3) is 11.0 Å². The molecule has 24 heavy (non-hydrogen) atoms. The molecule has 1 fully saturated rings. The molecule has 130 valence electrons. The number of aromatic nitrogens is 2. The zero-order valence-electron chi connectivity index (χ0n) is 14.6. The van der Waals surface area contributed by atoms with E-state index in [1.807, 2.05) is 29.2 Å². The van der Waals surface area contributed by atoms with E-state index >= 15 is 0 Å². The molecule has 2 heterocycles. The van der Waals surface area contributed by atoms with Crippen molar-refractivity contribution >= 4 is 17.1 Å². The topological polar surface area (TPSA) is 64.3 Å². The standard InChI is InChI=1S/C18H27N5O/c1-22(2)12-14-9-11-23(13-14)18(24)19-10-5-8-17-20-15-6-3-4-7-16(15)21-17/h3-4,6-7,14H,5,8-13H2,1-2H3,(H,19,24)(H,20,21)/t14-/m0/s1. The molecule has 0 bridgehead atoms. The predicted molar refractivity (Wildman–Crippen MR) is 96.0 cm³/mol. The first-order valence-electron chi connectivity index (χ1n) is 8.73. The molecule has 0 aliphatic carbocycles. The van der Waals surface area contributed by atoms with Crippen LogP contribution < -0.4 is 5.32 Å². The number of carbonyl (C=O) groups excluding carboxylic acids is 1. The fourth-order valence-corrected chi connectivity index (χ4v) is 3.37. The van der Waals surface area contributed by atoms with E-state index in [1.54, 1.807) is 0 Å². The smallest absolute Gasteiger partial charge is 0.317 e. The van der Waals surface area contributed by atoms with Gasteiger partial charge in [-0.2, -0.15) is 0 Å².